The van der Waals surface area contributed by atoms with Gasteiger partial charge in [-0.25, -0.2) is 4.68 Å². The Morgan fingerprint density at radius 3 is 2.37 bits per heavy atom. The third kappa shape index (κ3) is 5.46. The molecule has 0 aliphatic heterocycles. The van der Waals surface area contributed by atoms with Crippen molar-refractivity contribution in [3.05, 3.63) is 91.5 Å². The summed E-state index contributed by atoms with van der Waals surface area (Å²) in [5.41, 5.74) is 4.73. The number of nitrogens with zero attached hydrogens (tertiary/aromatic N) is 1. The Morgan fingerprint density at radius 2 is 1.63 bits per heavy atom. The zero-order valence-electron chi connectivity index (χ0n) is 18.0. The fourth-order valence-electron chi connectivity index (χ4n) is 3.31. The average molecular weight is 595 g/mol. The maximum absolute atomic E-state index is 13.2. The smallest absolute Gasteiger partial charge is 0.320 e. The Morgan fingerprint density at radius 1 is 0.857 bits per heavy atom. The number of amides is 3. The van der Waals surface area contributed by atoms with Crippen LogP contribution >= 0.6 is 50.7 Å². The molecule has 0 aliphatic rings. The fraction of sp³-hybridized carbons (Fsp3) is 0.0417. The van der Waals surface area contributed by atoms with Crippen LogP contribution in [0.2, 0.25) is 15.1 Å². The van der Waals surface area contributed by atoms with Crippen LogP contribution in [-0.4, -0.2) is 22.4 Å². The first-order valence-corrected chi connectivity index (χ1v) is 12.0. The summed E-state index contributed by atoms with van der Waals surface area (Å²) in [5.74, 6) is -2.54. The zero-order valence-corrected chi connectivity index (χ0v) is 21.8. The van der Waals surface area contributed by atoms with Gasteiger partial charge in [0.05, 0.1) is 26.9 Å². The molecule has 0 atom stereocenters. The Balaban J connectivity index is 1.65. The van der Waals surface area contributed by atoms with Gasteiger partial charge in [0.25, 0.3) is 5.91 Å². The van der Waals surface area contributed by atoms with Gasteiger partial charge in [0.1, 0.15) is 5.69 Å². The van der Waals surface area contributed by atoms with Crippen LogP contribution < -0.4 is 16.1 Å². The molecule has 0 spiro atoms. The molecule has 0 saturated carbocycles. The summed E-state index contributed by atoms with van der Waals surface area (Å²) in [6.45, 7) is 1.93. The van der Waals surface area contributed by atoms with Crippen molar-refractivity contribution in [3.8, 4) is 0 Å². The molecule has 1 aromatic heterocycles. The number of anilines is 2. The van der Waals surface area contributed by atoms with E-state index >= 15 is 0 Å². The summed E-state index contributed by atoms with van der Waals surface area (Å²) in [6.07, 6.45) is 0. The van der Waals surface area contributed by atoms with Crippen LogP contribution in [0.25, 0.3) is 10.9 Å². The number of halogens is 4. The number of aryl methyl sites for hydroxylation is 1. The highest BCUT2D eigenvalue weighted by Gasteiger charge is 2.22. The second-order valence-corrected chi connectivity index (χ2v) is 9.58. The number of nitrogens with one attached hydrogen (secondary N) is 3. The van der Waals surface area contributed by atoms with Crippen molar-refractivity contribution in [2.75, 3.05) is 16.1 Å². The van der Waals surface area contributed by atoms with Gasteiger partial charge in [0.2, 0.25) is 0 Å². The molecule has 1 heterocycles. The highest BCUT2D eigenvalue weighted by molar-refractivity contribution is 9.10. The first-order valence-electron chi connectivity index (χ1n) is 10.1. The minimum absolute atomic E-state index is 0.0803. The van der Waals surface area contributed by atoms with E-state index in [1.165, 1.54) is 10.7 Å². The summed E-state index contributed by atoms with van der Waals surface area (Å²) in [5, 5.41) is 6.57. The summed E-state index contributed by atoms with van der Waals surface area (Å²) >= 11 is 21.6. The third-order valence-corrected chi connectivity index (χ3v) is 6.70. The summed E-state index contributed by atoms with van der Waals surface area (Å²) < 4.78 is 1.92. The van der Waals surface area contributed by atoms with E-state index in [0.29, 0.717) is 26.1 Å². The number of carbonyl (C=O) groups is 3. The van der Waals surface area contributed by atoms with Gasteiger partial charge in [0.15, 0.2) is 0 Å². The number of hydrogen-bond acceptors (Lipinski definition) is 3. The maximum atomic E-state index is 13.2. The molecular weight excluding hydrogens is 579 g/mol. The van der Waals surface area contributed by atoms with Gasteiger partial charge in [-0.05, 0) is 76.9 Å². The molecule has 3 N–H and O–H groups in total. The molecular formula is C24H16BrCl3N4O3. The van der Waals surface area contributed by atoms with Crippen molar-refractivity contribution in [2.45, 2.75) is 6.92 Å². The lowest BCUT2D eigenvalue weighted by Gasteiger charge is -2.14. The fourth-order valence-corrected chi connectivity index (χ4v) is 4.43. The van der Waals surface area contributed by atoms with Gasteiger partial charge in [-0.3, -0.25) is 19.8 Å². The number of hydrogen-bond donors (Lipinski definition) is 3. The predicted octanol–water partition coefficient (Wildman–Crippen LogP) is 6.63. The SMILES string of the molecule is Cc1ccc(NC(=O)c2cc3cc(Cl)ccc3n2NC(=O)C(=O)Nc2cccc(Cl)c2Cl)c(Br)c1. The molecule has 7 nitrogen and oxygen atoms in total. The van der Waals surface area contributed by atoms with Gasteiger partial charge in [-0.15, -0.1) is 0 Å². The van der Waals surface area contributed by atoms with E-state index in [2.05, 4.69) is 32.0 Å². The van der Waals surface area contributed by atoms with E-state index in [-0.39, 0.29) is 21.4 Å². The largest absolute Gasteiger partial charge is 0.328 e. The molecule has 4 rings (SSSR count). The van der Waals surface area contributed by atoms with E-state index in [9.17, 15) is 14.4 Å². The zero-order chi connectivity index (χ0) is 25.3. The lowest BCUT2D eigenvalue weighted by Crippen LogP contribution is -2.36. The Labute approximate surface area is 223 Å². The van der Waals surface area contributed by atoms with Crippen LogP contribution in [0.1, 0.15) is 16.1 Å². The first-order chi connectivity index (χ1) is 16.6. The molecule has 0 fully saturated rings. The molecule has 3 amide bonds. The number of carbonyl (C=O) groups excluding carboxylic acids is 3. The number of fused-ring (bicyclic) bond motifs is 1. The first kappa shape index (κ1) is 25.1. The summed E-state index contributed by atoms with van der Waals surface area (Å²) in [7, 11) is 0. The van der Waals surface area contributed by atoms with Crippen molar-refractivity contribution in [2.24, 2.45) is 0 Å². The molecule has 11 heteroatoms. The number of aromatic nitrogens is 1. The molecule has 0 aliphatic carbocycles. The van der Waals surface area contributed by atoms with Crippen molar-refractivity contribution in [1.29, 1.82) is 0 Å². The lowest BCUT2D eigenvalue weighted by molar-refractivity contribution is -0.133. The van der Waals surface area contributed by atoms with Gasteiger partial charge >= 0.3 is 11.8 Å². The molecule has 0 unspecified atom stereocenters. The summed E-state index contributed by atoms with van der Waals surface area (Å²) in [4.78, 5) is 38.5. The van der Waals surface area contributed by atoms with Crippen molar-refractivity contribution < 1.29 is 14.4 Å². The molecule has 35 heavy (non-hydrogen) atoms. The van der Waals surface area contributed by atoms with Crippen LogP contribution in [0.3, 0.4) is 0 Å². The highest BCUT2D eigenvalue weighted by atomic mass is 79.9. The Kier molecular flexibility index (Phi) is 7.37. The van der Waals surface area contributed by atoms with Crippen molar-refractivity contribution in [3.63, 3.8) is 0 Å². The molecule has 0 radical (unpaired) electrons. The second kappa shape index (κ2) is 10.3. The van der Waals surface area contributed by atoms with E-state index in [4.69, 9.17) is 34.8 Å². The third-order valence-electron chi connectivity index (χ3n) is 4.99. The van der Waals surface area contributed by atoms with Crippen LogP contribution in [0.15, 0.2) is 65.1 Å². The van der Waals surface area contributed by atoms with Crippen molar-refractivity contribution >= 4 is 90.7 Å². The molecule has 0 saturated heterocycles. The maximum Gasteiger partial charge on any atom is 0.328 e. The number of benzene rings is 3. The van der Waals surface area contributed by atoms with Crippen LogP contribution in [-0.2, 0) is 9.59 Å². The second-order valence-electron chi connectivity index (χ2n) is 7.50. The predicted molar refractivity (Wildman–Crippen MR) is 143 cm³/mol. The van der Waals surface area contributed by atoms with Gasteiger partial charge in [-0.2, -0.15) is 0 Å². The number of rotatable bonds is 4. The molecule has 4 aromatic rings. The van der Waals surface area contributed by atoms with E-state index in [1.54, 1.807) is 42.5 Å². The molecule has 178 valence electrons. The van der Waals surface area contributed by atoms with E-state index in [0.717, 1.165) is 5.56 Å². The Bertz CT molecular complexity index is 1500. The Hall–Kier alpha value is -3.04. The normalized spacial score (nSPS) is 10.8. The molecule has 3 aromatic carbocycles. The van der Waals surface area contributed by atoms with Crippen LogP contribution in [0.5, 0.6) is 0 Å². The minimum Gasteiger partial charge on any atom is -0.320 e. The highest BCUT2D eigenvalue weighted by Crippen LogP contribution is 2.30. The summed E-state index contributed by atoms with van der Waals surface area (Å²) in [6, 6.07) is 16.5. The standard InChI is InChI=1S/C24H16BrCl3N4O3/c1-12-5-7-17(15(25)9-12)29-22(33)20-11-13-10-14(26)6-8-19(13)32(20)31-24(35)23(34)30-18-4-2-3-16(27)21(18)28/h2-11H,1H3,(H,29,33)(H,30,34)(H,31,35). The minimum atomic E-state index is -1.03. The van der Waals surface area contributed by atoms with E-state index < -0.39 is 17.7 Å². The monoisotopic (exact) mass is 592 g/mol. The van der Waals surface area contributed by atoms with Crippen LogP contribution in [0.4, 0.5) is 11.4 Å². The van der Waals surface area contributed by atoms with Gasteiger partial charge in [0, 0.05) is 14.9 Å². The molecule has 0 bridgehead atoms. The lowest BCUT2D eigenvalue weighted by atomic mass is 10.2. The van der Waals surface area contributed by atoms with Crippen molar-refractivity contribution in [1.82, 2.24) is 4.68 Å². The van der Waals surface area contributed by atoms with Gasteiger partial charge < -0.3 is 10.6 Å². The van der Waals surface area contributed by atoms with Crippen LogP contribution in [0, 0.1) is 6.92 Å². The quantitative estimate of drug-likeness (QED) is 0.232. The van der Waals surface area contributed by atoms with E-state index in [1.807, 2.05) is 19.1 Å². The van der Waals surface area contributed by atoms with Gasteiger partial charge in [-0.1, -0.05) is 46.9 Å². The topological polar surface area (TPSA) is 92.2 Å². The average Bonchev–Trinajstić information content (AvgIpc) is 3.16.